The maximum atomic E-state index is 2.52. The molecule has 0 radical (unpaired) electrons. The van der Waals surface area contributed by atoms with Gasteiger partial charge in [-0.25, -0.2) is 0 Å². The number of hydrogen-bond donors (Lipinski definition) is 0. The van der Waals surface area contributed by atoms with Gasteiger partial charge in [0, 0.05) is 38.3 Å². The van der Waals surface area contributed by atoms with Crippen LogP contribution in [0.15, 0.2) is 140 Å². The molecule has 7 aromatic rings. The summed E-state index contributed by atoms with van der Waals surface area (Å²) >= 11 is 0. The Morgan fingerprint density at radius 1 is 0.538 bits per heavy atom. The van der Waals surface area contributed by atoms with E-state index in [0.29, 0.717) is 0 Å². The summed E-state index contributed by atoms with van der Waals surface area (Å²) in [4.78, 5) is 0. The van der Waals surface area contributed by atoms with Crippen molar-refractivity contribution in [1.82, 2.24) is 9.13 Å². The van der Waals surface area contributed by atoms with Crippen molar-refractivity contribution in [1.29, 1.82) is 0 Å². The fourth-order valence-corrected chi connectivity index (χ4v) is 6.58. The second-order valence-corrected chi connectivity index (χ2v) is 10.8. The van der Waals surface area contributed by atoms with Crippen molar-refractivity contribution in [3.8, 4) is 5.69 Å². The Balaban J connectivity index is 1.16. The lowest BCUT2D eigenvalue weighted by molar-refractivity contribution is 0.438. The van der Waals surface area contributed by atoms with E-state index < -0.39 is 0 Å². The topological polar surface area (TPSA) is 9.86 Å². The van der Waals surface area contributed by atoms with Crippen LogP contribution >= 0.6 is 0 Å². The van der Waals surface area contributed by atoms with Crippen molar-refractivity contribution in [2.24, 2.45) is 0 Å². The Bertz CT molecular complexity index is 1990. The first-order chi connectivity index (χ1) is 19.2. The maximum Gasteiger partial charge on any atom is 0.0643 e. The molecule has 39 heavy (non-hydrogen) atoms. The molecule has 0 bridgehead atoms. The molecule has 2 nitrogen and oxygen atoms in total. The minimum Gasteiger partial charge on any atom is -0.331 e. The summed E-state index contributed by atoms with van der Waals surface area (Å²) in [5.74, 6) is 0. The van der Waals surface area contributed by atoms with E-state index in [2.05, 4.69) is 156 Å². The molecule has 2 heterocycles. The fourth-order valence-electron chi connectivity index (χ4n) is 6.58. The van der Waals surface area contributed by atoms with Crippen LogP contribution in [0.25, 0.3) is 54.9 Å². The Morgan fingerprint density at radius 2 is 1.00 bits per heavy atom. The third-order valence-corrected chi connectivity index (χ3v) is 8.49. The summed E-state index contributed by atoms with van der Waals surface area (Å²) in [7, 11) is 0. The predicted octanol–water partition coefficient (Wildman–Crippen LogP) is 9.65. The Morgan fingerprint density at radius 3 is 1.49 bits per heavy atom. The van der Waals surface area contributed by atoms with Crippen LogP contribution < -0.4 is 0 Å². The first kappa shape index (κ1) is 22.2. The summed E-state index contributed by atoms with van der Waals surface area (Å²) in [6.07, 6.45) is 8.04. The molecule has 1 atom stereocenters. The molecule has 0 spiro atoms. The molecular formula is C37H28N2. The normalized spacial score (nSPS) is 17.4. The van der Waals surface area contributed by atoms with Crippen LogP contribution in [0.5, 0.6) is 0 Å². The number of fused-ring (bicyclic) bond motifs is 6. The number of hydrogen-bond acceptors (Lipinski definition) is 0. The zero-order valence-electron chi connectivity index (χ0n) is 21.9. The Kier molecular flexibility index (Phi) is 4.75. The average Bonchev–Trinajstić information content (AvgIpc) is 3.51. The van der Waals surface area contributed by atoms with Crippen molar-refractivity contribution < 1.29 is 0 Å². The van der Waals surface area contributed by atoms with E-state index in [1.165, 1.54) is 60.4 Å². The predicted molar refractivity (Wildman–Crippen MR) is 166 cm³/mol. The highest BCUT2D eigenvalue weighted by atomic mass is 15.1. The molecule has 186 valence electrons. The van der Waals surface area contributed by atoms with Gasteiger partial charge in [-0.2, -0.15) is 0 Å². The number of allylic oxidation sites excluding steroid dienone is 4. The SMILES string of the molecule is CC1(n2c3ccccc3c3ccccc32)C=CC(c2ccc(-n3c4ccccc4c4ccccc43)cc2)=CC1. The molecule has 1 aliphatic rings. The summed E-state index contributed by atoms with van der Waals surface area (Å²) in [6.45, 7) is 2.35. The fraction of sp³-hybridized carbons (Fsp3) is 0.0811. The largest absolute Gasteiger partial charge is 0.331 e. The van der Waals surface area contributed by atoms with Gasteiger partial charge in [0.2, 0.25) is 0 Å². The van der Waals surface area contributed by atoms with Crippen LogP contribution in [0.1, 0.15) is 18.9 Å². The summed E-state index contributed by atoms with van der Waals surface area (Å²) in [5.41, 5.74) is 8.65. The summed E-state index contributed by atoms with van der Waals surface area (Å²) < 4.78 is 4.89. The highest BCUT2D eigenvalue weighted by molar-refractivity contribution is 6.09. The molecule has 0 saturated carbocycles. The highest BCUT2D eigenvalue weighted by Crippen LogP contribution is 2.40. The number of nitrogens with zero attached hydrogens (tertiary/aromatic N) is 2. The molecule has 0 amide bonds. The molecule has 0 N–H and O–H groups in total. The molecule has 0 aliphatic heterocycles. The van der Waals surface area contributed by atoms with E-state index >= 15 is 0 Å². The van der Waals surface area contributed by atoms with Gasteiger partial charge in [-0.1, -0.05) is 103 Å². The van der Waals surface area contributed by atoms with E-state index in [9.17, 15) is 0 Å². The zero-order valence-corrected chi connectivity index (χ0v) is 21.9. The van der Waals surface area contributed by atoms with Gasteiger partial charge in [0.25, 0.3) is 0 Å². The summed E-state index contributed by atoms with van der Waals surface area (Å²) in [5, 5.41) is 5.22. The number of aromatic nitrogens is 2. The van der Waals surface area contributed by atoms with Crippen molar-refractivity contribution in [2.45, 2.75) is 18.9 Å². The lowest BCUT2D eigenvalue weighted by Gasteiger charge is -2.32. The monoisotopic (exact) mass is 500 g/mol. The van der Waals surface area contributed by atoms with E-state index in [0.717, 1.165) is 6.42 Å². The molecule has 1 unspecified atom stereocenters. The molecule has 2 heteroatoms. The second kappa shape index (κ2) is 8.34. The van der Waals surface area contributed by atoms with Crippen LogP contribution in [0.2, 0.25) is 0 Å². The van der Waals surface area contributed by atoms with E-state index in [1.54, 1.807) is 0 Å². The summed E-state index contributed by atoms with van der Waals surface area (Å²) in [6, 6.07) is 43.9. The third-order valence-electron chi connectivity index (χ3n) is 8.49. The number of benzene rings is 5. The van der Waals surface area contributed by atoms with E-state index in [4.69, 9.17) is 0 Å². The van der Waals surface area contributed by atoms with Crippen LogP contribution in [-0.2, 0) is 5.54 Å². The van der Waals surface area contributed by atoms with Crippen LogP contribution in [0.4, 0.5) is 0 Å². The van der Waals surface area contributed by atoms with Crippen molar-refractivity contribution in [3.63, 3.8) is 0 Å². The van der Waals surface area contributed by atoms with Crippen molar-refractivity contribution >= 4 is 49.2 Å². The maximum absolute atomic E-state index is 2.52. The first-order valence-electron chi connectivity index (χ1n) is 13.7. The number of rotatable bonds is 3. The highest BCUT2D eigenvalue weighted by Gasteiger charge is 2.28. The number of para-hydroxylation sites is 4. The van der Waals surface area contributed by atoms with Gasteiger partial charge in [0.15, 0.2) is 0 Å². The first-order valence-corrected chi connectivity index (χ1v) is 13.7. The van der Waals surface area contributed by atoms with Gasteiger partial charge in [-0.15, -0.1) is 0 Å². The van der Waals surface area contributed by atoms with Gasteiger partial charge in [0.05, 0.1) is 16.6 Å². The van der Waals surface area contributed by atoms with Gasteiger partial charge in [-0.05, 0) is 60.9 Å². The van der Waals surface area contributed by atoms with Crippen molar-refractivity contribution in [3.05, 3.63) is 145 Å². The lowest BCUT2D eigenvalue weighted by Crippen LogP contribution is -2.28. The molecule has 1 aliphatic carbocycles. The van der Waals surface area contributed by atoms with Gasteiger partial charge >= 0.3 is 0 Å². The van der Waals surface area contributed by atoms with E-state index in [-0.39, 0.29) is 5.54 Å². The quantitative estimate of drug-likeness (QED) is 0.229. The second-order valence-electron chi connectivity index (χ2n) is 10.8. The smallest absolute Gasteiger partial charge is 0.0643 e. The van der Waals surface area contributed by atoms with Gasteiger partial charge in [-0.3, -0.25) is 0 Å². The molecule has 5 aromatic carbocycles. The lowest BCUT2D eigenvalue weighted by atomic mass is 9.87. The third kappa shape index (κ3) is 3.28. The Hall–Kier alpha value is -4.82. The molecule has 2 aromatic heterocycles. The zero-order chi connectivity index (χ0) is 26.0. The van der Waals surface area contributed by atoms with Crippen LogP contribution in [0, 0.1) is 0 Å². The standard InChI is InChI=1S/C37H28N2/c1-37(39-35-16-8-4-12-31(35)32-13-5-9-17-36(32)39)24-22-27(23-25-37)26-18-20-28(21-19-26)38-33-14-6-2-10-29(33)30-11-3-7-15-34(30)38/h2-24H,25H2,1H3. The van der Waals surface area contributed by atoms with Crippen molar-refractivity contribution in [2.75, 3.05) is 0 Å². The van der Waals surface area contributed by atoms with Crippen LogP contribution in [-0.4, -0.2) is 9.13 Å². The molecular weight excluding hydrogens is 472 g/mol. The van der Waals surface area contributed by atoms with E-state index in [1.807, 2.05) is 0 Å². The minimum atomic E-state index is -0.130. The molecule has 8 rings (SSSR count). The molecule has 0 saturated heterocycles. The Labute approximate surface area is 227 Å². The van der Waals surface area contributed by atoms with Crippen LogP contribution in [0.3, 0.4) is 0 Å². The average molecular weight is 501 g/mol. The molecule has 0 fully saturated rings. The van der Waals surface area contributed by atoms with Gasteiger partial charge < -0.3 is 9.13 Å². The van der Waals surface area contributed by atoms with Gasteiger partial charge in [0.1, 0.15) is 0 Å². The minimum absolute atomic E-state index is 0.130.